The molecule has 0 amide bonds. The first-order chi connectivity index (χ1) is 19.1. The van der Waals surface area contributed by atoms with Crippen LogP contribution in [-0.2, 0) is 17.4 Å². The second kappa shape index (κ2) is 13.4. The summed E-state index contributed by atoms with van der Waals surface area (Å²) in [6.45, 7) is 2.29. The highest BCUT2D eigenvalue weighted by Crippen LogP contribution is 2.36. The molecule has 40 heavy (non-hydrogen) atoms. The minimum atomic E-state index is -4.33. The molecular formula is C31H36F4N2O3. The Morgan fingerprint density at radius 2 is 1.90 bits per heavy atom. The third kappa shape index (κ3) is 7.93. The fraction of sp³-hybridized carbons (Fsp3) is 0.484. The molecular weight excluding hydrogens is 524 g/mol. The number of carboxylic acids is 1. The van der Waals surface area contributed by atoms with Gasteiger partial charge in [-0.25, -0.2) is 4.39 Å². The van der Waals surface area contributed by atoms with Gasteiger partial charge in [0.25, 0.3) is 0 Å². The van der Waals surface area contributed by atoms with E-state index >= 15 is 4.39 Å². The van der Waals surface area contributed by atoms with Gasteiger partial charge in [0, 0.05) is 24.5 Å². The summed E-state index contributed by atoms with van der Waals surface area (Å²) in [5, 5.41) is 10.2. The molecule has 0 saturated carbocycles. The van der Waals surface area contributed by atoms with E-state index in [0.717, 1.165) is 55.4 Å². The molecule has 1 fully saturated rings. The fourth-order valence-corrected chi connectivity index (χ4v) is 5.78. The van der Waals surface area contributed by atoms with Crippen molar-refractivity contribution in [3.8, 4) is 5.75 Å². The zero-order valence-corrected chi connectivity index (χ0v) is 22.7. The number of aliphatic carboxylic acids is 1. The minimum absolute atomic E-state index is 0.0531. The maximum atomic E-state index is 15.5. The number of hydrogen-bond acceptors (Lipinski definition) is 4. The van der Waals surface area contributed by atoms with E-state index < -0.39 is 23.9 Å². The summed E-state index contributed by atoms with van der Waals surface area (Å²) in [6.07, 6.45) is 0.280. The van der Waals surface area contributed by atoms with Crippen LogP contribution in [-0.4, -0.2) is 47.7 Å². The molecule has 1 aromatic heterocycles. The number of carbonyl (C=O) groups is 1. The van der Waals surface area contributed by atoms with Crippen LogP contribution < -0.4 is 4.74 Å². The molecule has 9 heteroatoms. The predicted molar refractivity (Wildman–Crippen MR) is 146 cm³/mol. The second-order valence-electron chi connectivity index (χ2n) is 10.7. The molecule has 1 aliphatic rings. The maximum absolute atomic E-state index is 15.5. The van der Waals surface area contributed by atoms with Crippen LogP contribution in [0.5, 0.6) is 5.75 Å². The molecule has 2 aromatic carbocycles. The molecule has 0 radical (unpaired) electrons. The van der Waals surface area contributed by atoms with Gasteiger partial charge in [0.15, 0.2) is 0 Å². The average Bonchev–Trinajstić information content (AvgIpc) is 2.93. The highest BCUT2D eigenvalue weighted by molar-refractivity contribution is 5.83. The number of fused-ring (bicyclic) bond motifs is 1. The largest absolute Gasteiger partial charge is 0.497 e. The zero-order valence-electron chi connectivity index (χ0n) is 22.7. The standard InChI is InChI=1S/C31H36F4N2O3/c1-40-25-10-12-29-27(19-25)26(13-15-36-29)28(32)11-7-22-14-17-37(20-23(22)18-30(38)39)16-3-2-4-21-5-8-24(9-6-21)31(33,34)35/h5-6,8-10,12-13,15,19,22-23,28H,2-4,7,11,14,16-18,20H2,1H3,(H,38,39)/t22-,23+,28?/m1/s1. The lowest BCUT2D eigenvalue weighted by Crippen LogP contribution is -2.41. The van der Waals surface area contributed by atoms with Gasteiger partial charge in [0.1, 0.15) is 11.9 Å². The summed E-state index contributed by atoms with van der Waals surface area (Å²) in [7, 11) is 1.57. The topological polar surface area (TPSA) is 62.7 Å². The van der Waals surface area contributed by atoms with Crippen molar-refractivity contribution in [3.05, 3.63) is 71.4 Å². The van der Waals surface area contributed by atoms with Crippen molar-refractivity contribution < 1.29 is 32.2 Å². The average molecular weight is 561 g/mol. The minimum Gasteiger partial charge on any atom is -0.497 e. The molecule has 1 aliphatic heterocycles. The van der Waals surface area contributed by atoms with E-state index in [9.17, 15) is 23.1 Å². The number of likely N-dealkylation sites (tertiary alicyclic amines) is 1. The van der Waals surface area contributed by atoms with Crippen LogP contribution in [0.1, 0.15) is 61.4 Å². The van der Waals surface area contributed by atoms with Crippen LogP contribution in [0.4, 0.5) is 17.6 Å². The van der Waals surface area contributed by atoms with Crippen LogP contribution in [0.25, 0.3) is 10.9 Å². The fourth-order valence-electron chi connectivity index (χ4n) is 5.78. The number of unbranched alkanes of at least 4 members (excludes halogenated alkanes) is 1. The van der Waals surface area contributed by atoms with Gasteiger partial charge in [-0.2, -0.15) is 13.2 Å². The first kappa shape index (κ1) is 29.8. The number of aryl methyl sites for hydroxylation is 1. The molecule has 5 nitrogen and oxygen atoms in total. The Morgan fingerprint density at radius 3 is 2.60 bits per heavy atom. The van der Waals surface area contributed by atoms with Crippen LogP contribution in [0.15, 0.2) is 54.7 Å². The molecule has 4 rings (SSSR count). The normalized spacial score (nSPS) is 19.0. The van der Waals surface area contributed by atoms with E-state index in [2.05, 4.69) is 9.88 Å². The number of ether oxygens (including phenoxy) is 1. The Hall–Kier alpha value is -3.20. The zero-order chi connectivity index (χ0) is 28.7. The Labute approximate surface area is 232 Å². The van der Waals surface area contributed by atoms with E-state index in [-0.39, 0.29) is 18.3 Å². The van der Waals surface area contributed by atoms with E-state index in [1.165, 1.54) is 12.1 Å². The Balaban J connectivity index is 1.28. The Kier molecular flexibility index (Phi) is 10.0. The van der Waals surface area contributed by atoms with E-state index in [4.69, 9.17) is 4.74 Å². The molecule has 1 N–H and O–H groups in total. The lowest BCUT2D eigenvalue weighted by Gasteiger charge is -2.38. The summed E-state index contributed by atoms with van der Waals surface area (Å²) in [6, 6.07) is 12.4. The van der Waals surface area contributed by atoms with Crippen LogP contribution in [0.2, 0.25) is 0 Å². The molecule has 3 aromatic rings. The first-order valence-electron chi connectivity index (χ1n) is 13.8. The number of hydrogen-bond donors (Lipinski definition) is 1. The summed E-state index contributed by atoms with van der Waals surface area (Å²) < 4.78 is 59.0. The number of benzene rings is 2. The molecule has 1 unspecified atom stereocenters. The molecule has 0 aliphatic carbocycles. The monoisotopic (exact) mass is 560 g/mol. The van der Waals surface area contributed by atoms with Gasteiger partial charge in [-0.05, 0) is 111 Å². The van der Waals surface area contributed by atoms with E-state index in [0.29, 0.717) is 42.6 Å². The summed E-state index contributed by atoms with van der Waals surface area (Å²) in [5.74, 6) is -0.131. The van der Waals surface area contributed by atoms with E-state index in [1.807, 2.05) is 6.07 Å². The maximum Gasteiger partial charge on any atom is 0.416 e. The third-order valence-electron chi connectivity index (χ3n) is 7.99. The van der Waals surface area contributed by atoms with Gasteiger partial charge in [-0.15, -0.1) is 0 Å². The van der Waals surface area contributed by atoms with Gasteiger partial charge < -0.3 is 14.7 Å². The van der Waals surface area contributed by atoms with Gasteiger partial charge in [0.2, 0.25) is 0 Å². The number of nitrogens with zero attached hydrogens (tertiary/aromatic N) is 2. The summed E-state index contributed by atoms with van der Waals surface area (Å²) in [5.41, 5.74) is 1.51. The molecule has 2 heterocycles. The molecule has 1 saturated heterocycles. The van der Waals surface area contributed by atoms with Gasteiger partial charge in [-0.1, -0.05) is 12.1 Å². The molecule has 216 valence electrons. The first-order valence-corrected chi connectivity index (χ1v) is 13.8. The molecule has 3 atom stereocenters. The SMILES string of the molecule is COc1ccc2nccc(C(F)CC[C@@H]3CCN(CCCCc4ccc(C(F)(F)F)cc4)C[C@@H]3CC(=O)O)c2c1. The van der Waals surface area contributed by atoms with Crippen LogP contribution in [0.3, 0.4) is 0 Å². The number of methoxy groups -OCH3 is 1. The van der Waals surface area contributed by atoms with Crippen molar-refractivity contribution >= 4 is 16.9 Å². The third-order valence-corrected chi connectivity index (χ3v) is 7.99. The number of piperidine rings is 1. The second-order valence-corrected chi connectivity index (χ2v) is 10.7. The Bertz CT molecular complexity index is 1270. The number of rotatable bonds is 12. The van der Waals surface area contributed by atoms with Gasteiger partial charge in [0.05, 0.1) is 18.2 Å². The lowest BCUT2D eigenvalue weighted by atomic mass is 9.79. The van der Waals surface area contributed by atoms with Crippen molar-refractivity contribution in [1.82, 2.24) is 9.88 Å². The van der Waals surface area contributed by atoms with Crippen molar-refractivity contribution in [1.29, 1.82) is 0 Å². The summed E-state index contributed by atoms with van der Waals surface area (Å²) >= 11 is 0. The van der Waals surface area contributed by atoms with Crippen LogP contribution in [0, 0.1) is 11.8 Å². The smallest absolute Gasteiger partial charge is 0.416 e. The van der Waals surface area contributed by atoms with Crippen molar-refractivity contribution in [2.75, 3.05) is 26.7 Å². The lowest BCUT2D eigenvalue weighted by molar-refractivity contribution is -0.139. The van der Waals surface area contributed by atoms with Crippen LogP contribution >= 0.6 is 0 Å². The Morgan fingerprint density at radius 1 is 1.12 bits per heavy atom. The number of halogens is 4. The van der Waals surface area contributed by atoms with Gasteiger partial charge in [-0.3, -0.25) is 9.78 Å². The molecule has 0 spiro atoms. The number of alkyl halides is 4. The highest BCUT2D eigenvalue weighted by Gasteiger charge is 2.32. The predicted octanol–water partition coefficient (Wildman–Crippen LogP) is 7.49. The van der Waals surface area contributed by atoms with E-state index in [1.54, 1.807) is 31.5 Å². The number of pyridine rings is 1. The molecule has 0 bridgehead atoms. The van der Waals surface area contributed by atoms with Crippen molar-refractivity contribution in [2.24, 2.45) is 11.8 Å². The van der Waals surface area contributed by atoms with Gasteiger partial charge >= 0.3 is 12.1 Å². The number of carboxylic acid groups (broad SMARTS) is 1. The number of aromatic nitrogens is 1. The van der Waals surface area contributed by atoms with Crippen molar-refractivity contribution in [3.63, 3.8) is 0 Å². The highest BCUT2D eigenvalue weighted by atomic mass is 19.4. The quantitative estimate of drug-likeness (QED) is 0.184. The van der Waals surface area contributed by atoms with Crippen molar-refractivity contribution in [2.45, 2.75) is 57.3 Å². The summed E-state index contributed by atoms with van der Waals surface area (Å²) in [4.78, 5) is 18.2.